The number of phosphoric acid groups is 1. The highest BCUT2D eigenvalue weighted by molar-refractivity contribution is 7.46. The first-order chi connectivity index (χ1) is 22.8. The molecule has 0 aromatic carbocycles. The number of rotatable bonds is 34. The number of esters is 2. The second kappa shape index (κ2) is 34.1. The van der Waals surface area contributed by atoms with Crippen LogP contribution in [0.4, 0.5) is 0 Å². The lowest BCUT2D eigenvalue weighted by Gasteiger charge is -2.18. The van der Waals surface area contributed by atoms with Gasteiger partial charge < -0.3 is 19.3 Å². The SMILES string of the molecule is CCCCC/C=C/C/C=C/CCCCCCCC(=O)O[C@H](COC(=O)CCCCCCC/C=C/CCCCCCC)COP(=O)(O)O. The third-order valence-electron chi connectivity index (χ3n) is 7.88. The highest BCUT2D eigenvalue weighted by atomic mass is 31.2. The Bertz CT molecular complexity index is 864. The van der Waals surface area contributed by atoms with Crippen molar-refractivity contribution in [1.29, 1.82) is 0 Å². The molecule has 0 aliphatic carbocycles. The molecule has 0 spiro atoms. The minimum atomic E-state index is -4.75. The summed E-state index contributed by atoms with van der Waals surface area (Å²) < 4.78 is 26.3. The first-order valence-electron chi connectivity index (χ1n) is 18.8. The number of hydrogen-bond donors (Lipinski definition) is 2. The molecule has 0 heterocycles. The van der Waals surface area contributed by atoms with Crippen molar-refractivity contribution in [2.45, 2.75) is 180 Å². The zero-order valence-corrected chi connectivity index (χ0v) is 30.8. The summed E-state index contributed by atoms with van der Waals surface area (Å²) in [6.45, 7) is 3.62. The van der Waals surface area contributed by atoms with Gasteiger partial charge in [-0.25, -0.2) is 4.57 Å². The van der Waals surface area contributed by atoms with Crippen LogP contribution in [0.15, 0.2) is 36.5 Å². The van der Waals surface area contributed by atoms with Gasteiger partial charge in [0.25, 0.3) is 0 Å². The summed E-state index contributed by atoms with van der Waals surface area (Å²) in [5.74, 6) is -0.911. The van der Waals surface area contributed by atoms with Crippen LogP contribution in [0.25, 0.3) is 0 Å². The average Bonchev–Trinajstić information content (AvgIpc) is 3.03. The fraction of sp³-hybridized carbons (Fsp3) is 0.789. The van der Waals surface area contributed by atoms with E-state index in [1.165, 1.54) is 64.2 Å². The standard InChI is InChI=1S/C38H69O8P/c1-3-5-7-9-11-13-15-17-19-21-23-25-27-29-31-33-38(40)46-36(35-45-47(41,42)43)34-44-37(39)32-30-28-26-24-22-20-18-16-14-12-10-8-6-4-2/h11,13,16-19,36H,3-10,12,14-15,20-35H2,1-2H3,(H2,41,42,43)/b13-11+,18-16+,19-17+/t36-/m1/s1. The third-order valence-corrected chi connectivity index (χ3v) is 8.37. The van der Waals surface area contributed by atoms with E-state index in [0.29, 0.717) is 12.8 Å². The average molecular weight is 685 g/mol. The summed E-state index contributed by atoms with van der Waals surface area (Å²) in [7, 11) is -4.75. The van der Waals surface area contributed by atoms with E-state index < -0.39 is 32.5 Å². The first-order valence-corrected chi connectivity index (χ1v) is 20.3. The number of ether oxygens (including phenoxy) is 2. The highest BCUT2D eigenvalue weighted by Crippen LogP contribution is 2.36. The number of hydrogen-bond acceptors (Lipinski definition) is 6. The molecule has 8 nitrogen and oxygen atoms in total. The molecule has 1 atom stereocenters. The third kappa shape index (κ3) is 36.9. The maximum Gasteiger partial charge on any atom is 0.469 e. The molecule has 9 heteroatoms. The molecule has 47 heavy (non-hydrogen) atoms. The van der Waals surface area contributed by atoms with Gasteiger partial charge >= 0.3 is 19.8 Å². The van der Waals surface area contributed by atoms with Gasteiger partial charge in [-0.2, -0.15) is 0 Å². The van der Waals surface area contributed by atoms with Gasteiger partial charge in [0.05, 0.1) is 6.61 Å². The van der Waals surface area contributed by atoms with Crippen molar-refractivity contribution < 1.29 is 37.9 Å². The van der Waals surface area contributed by atoms with Gasteiger partial charge in [0.2, 0.25) is 0 Å². The van der Waals surface area contributed by atoms with Gasteiger partial charge in [0.1, 0.15) is 6.61 Å². The molecule has 0 saturated carbocycles. The van der Waals surface area contributed by atoms with E-state index in [4.69, 9.17) is 19.3 Å². The molecule has 0 radical (unpaired) electrons. The lowest BCUT2D eigenvalue weighted by atomic mass is 10.1. The molecule has 0 unspecified atom stereocenters. The molecule has 0 aromatic rings. The van der Waals surface area contributed by atoms with Crippen molar-refractivity contribution in [1.82, 2.24) is 0 Å². The van der Waals surface area contributed by atoms with Crippen LogP contribution in [-0.4, -0.2) is 41.0 Å². The predicted octanol–water partition coefficient (Wildman–Crippen LogP) is 11.0. The minimum Gasteiger partial charge on any atom is -0.462 e. The Morgan fingerprint density at radius 3 is 1.47 bits per heavy atom. The summed E-state index contributed by atoms with van der Waals surface area (Å²) in [6, 6.07) is 0. The molecular formula is C38H69O8P. The van der Waals surface area contributed by atoms with Gasteiger partial charge in [0, 0.05) is 12.8 Å². The molecule has 2 N–H and O–H groups in total. The lowest BCUT2D eigenvalue weighted by molar-refractivity contribution is -0.161. The van der Waals surface area contributed by atoms with Crippen LogP contribution in [0.1, 0.15) is 174 Å². The van der Waals surface area contributed by atoms with Crippen LogP contribution in [0, 0.1) is 0 Å². The van der Waals surface area contributed by atoms with Crippen molar-refractivity contribution in [3.8, 4) is 0 Å². The smallest absolute Gasteiger partial charge is 0.462 e. The van der Waals surface area contributed by atoms with Crippen LogP contribution in [0.5, 0.6) is 0 Å². The molecule has 0 aromatic heterocycles. The van der Waals surface area contributed by atoms with E-state index in [0.717, 1.165) is 70.6 Å². The molecule has 0 aliphatic rings. The van der Waals surface area contributed by atoms with E-state index in [2.05, 4.69) is 54.8 Å². The van der Waals surface area contributed by atoms with E-state index in [9.17, 15) is 14.2 Å². The molecule has 0 fully saturated rings. The second-order valence-corrected chi connectivity index (χ2v) is 13.8. The molecule has 0 bridgehead atoms. The van der Waals surface area contributed by atoms with Crippen LogP contribution in [0.3, 0.4) is 0 Å². The van der Waals surface area contributed by atoms with E-state index in [-0.39, 0.29) is 19.4 Å². The molecule has 0 aliphatic heterocycles. The van der Waals surface area contributed by atoms with Gasteiger partial charge in [-0.15, -0.1) is 0 Å². The summed E-state index contributed by atoms with van der Waals surface area (Å²) in [5.41, 5.74) is 0. The number of carbonyl (C=O) groups is 2. The zero-order valence-electron chi connectivity index (χ0n) is 29.9. The normalized spacial score (nSPS) is 12.9. The second-order valence-electron chi connectivity index (χ2n) is 12.5. The first kappa shape index (κ1) is 45.3. The molecule has 0 amide bonds. The molecule has 0 rings (SSSR count). The van der Waals surface area contributed by atoms with Crippen LogP contribution >= 0.6 is 7.82 Å². The van der Waals surface area contributed by atoms with E-state index in [1.54, 1.807) is 0 Å². The summed E-state index contributed by atoms with van der Waals surface area (Å²) in [4.78, 5) is 42.7. The zero-order chi connectivity index (χ0) is 34.7. The fourth-order valence-corrected chi connectivity index (χ4v) is 5.40. The predicted molar refractivity (Wildman–Crippen MR) is 193 cm³/mol. The fourth-order valence-electron chi connectivity index (χ4n) is 5.04. The Kier molecular flexibility index (Phi) is 32.9. The maximum absolute atomic E-state index is 12.3. The number of unbranched alkanes of at least 4 members (excludes halogenated alkanes) is 18. The number of phosphoric ester groups is 1. The maximum atomic E-state index is 12.3. The van der Waals surface area contributed by atoms with Gasteiger partial charge in [-0.3, -0.25) is 14.1 Å². The van der Waals surface area contributed by atoms with Crippen molar-refractivity contribution in [3.63, 3.8) is 0 Å². The summed E-state index contributed by atoms with van der Waals surface area (Å²) in [6.07, 6.45) is 38.6. The van der Waals surface area contributed by atoms with E-state index >= 15 is 0 Å². The minimum absolute atomic E-state index is 0.194. The Labute approximate surface area is 287 Å². The Morgan fingerprint density at radius 1 is 0.553 bits per heavy atom. The van der Waals surface area contributed by atoms with Gasteiger partial charge in [-0.05, 0) is 70.6 Å². The van der Waals surface area contributed by atoms with Crippen LogP contribution < -0.4 is 0 Å². The largest absolute Gasteiger partial charge is 0.469 e. The number of allylic oxidation sites excluding steroid dienone is 6. The van der Waals surface area contributed by atoms with Crippen molar-refractivity contribution >= 4 is 19.8 Å². The Hall–Kier alpha value is -1.73. The van der Waals surface area contributed by atoms with Crippen molar-refractivity contribution in [2.75, 3.05) is 13.2 Å². The van der Waals surface area contributed by atoms with E-state index in [1.807, 2.05) is 0 Å². The van der Waals surface area contributed by atoms with Crippen molar-refractivity contribution in [3.05, 3.63) is 36.5 Å². The number of carbonyl (C=O) groups excluding carboxylic acids is 2. The summed E-state index contributed by atoms with van der Waals surface area (Å²) in [5, 5.41) is 0. The van der Waals surface area contributed by atoms with Crippen LogP contribution in [0.2, 0.25) is 0 Å². The van der Waals surface area contributed by atoms with Gasteiger partial charge in [-0.1, -0.05) is 127 Å². The molecular weight excluding hydrogens is 615 g/mol. The quantitative estimate of drug-likeness (QED) is 0.0297. The van der Waals surface area contributed by atoms with Crippen molar-refractivity contribution in [2.24, 2.45) is 0 Å². The molecule has 274 valence electrons. The monoisotopic (exact) mass is 684 g/mol. The van der Waals surface area contributed by atoms with Gasteiger partial charge in [0.15, 0.2) is 6.10 Å². The topological polar surface area (TPSA) is 119 Å². The lowest BCUT2D eigenvalue weighted by Crippen LogP contribution is -2.29. The highest BCUT2D eigenvalue weighted by Gasteiger charge is 2.22. The Morgan fingerprint density at radius 2 is 0.957 bits per heavy atom. The summed E-state index contributed by atoms with van der Waals surface area (Å²) >= 11 is 0. The molecule has 0 saturated heterocycles. The Balaban J connectivity index is 4.01. The van der Waals surface area contributed by atoms with Crippen LogP contribution in [-0.2, 0) is 28.2 Å².